The number of hydrogen-bond acceptors (Lipinski definition) is 6. The van der Waals surface area contributed by atoms with Gasteiger partial charge in [-0.2, -0.15) is 0 Å². The minimum absolute atomic E-state index is 0.00826. The van der Waals surface area contributed by atoms with Crippen molar-refractivity contribution in [3.8, 4) is 0 Å². The molecule has 2 aromatic rings. The highest BCUT2D eigenvalue weighted by atomic mass is 16.5. The molecule has 1 aliphatic carbocycles. The Bertz CT molecular complexity index is 1080. The average Bonchev–Trinajstić information content (AvgIpc) is 3.24. The number of benzene rings is 1. The molecule has 5 rings (SSSR count). The van der Waals surface area contributed by atoms with Crippen LogP contribution in [0.15, 0.2) is 42.7 Å². The third-order valence-electron chi connectivity index (χ3n) is 8.42. The lowest BCUT2D eigenvalue weighted by atomic mass is 9.69. The van der Waals surface area contributed by atoms with Crippen molar-refractivity contribution < 1.29 is 14.3 Å². The number of rotatable bonds is 5. The van der Waals surface area contributed by atoms with Crippen molar-refractivity contribution in [1.29, 1.82) is 0 Å². The van der Waals surface area contributed by atoms with Crippen LogP contribution in [0.25, 0.3) is 0 Å². The maximum atomic E-state index is 13.0. The largest absolute Gasteiger partial charge is 0.381 e. The fraction of sp³-hybridized carbons (Fsp3) is 0.556. The van der Waals surface area contributed by atoms with E-state index in [1.54, 1.807) is 24.3 Å². The van der Waals surface area contributed by atoms with Crippen LogP contribution in [-0.2, 0) is 15.1 Å². The Morgan fingerprint density at radius 2 is 1.67 bits per heavy atom. The van der Waals surface area contributed by atoms with Gasteiger partial charge in [-0.3, -0.25) is 19.5 Å². The quantitative estimate of drug-likeness (QED) is 0.690. The molecular weight excluding hydrogens is 456 g/mol. The molecule has 2 aliphatic heterocycles. The summed E-state index contributed by atoms with van der Waals surface area (Å²) in [5, 5.41) is 3.28. The highest BCUT2D eigenvalue weighted by molar-refractivity contribution is 5.95. The van der Waals surface area contributed by atoms with Gasteiger partial charge in [0.1, 0.15) is 0 Å². The van der Waals surface area contributed by atoms with E-state index in [0.717, 1.165) is 38.5 Å². The van der Waals surface area contributed by atoms with Gasteiger partial charge in [-0.25, -0.2) is 14.8 Å². The Hall–Kier alpha value is -3.04. The first kappa shape index (κ1) is 24.6. The lowest BCUT2D eigenvalue weighted by Crippen LogP contribution is -2.54. The number of nitrogens with zero attached hydrogens (tertiary/aromatic N) is 5. The van der Waals surface area contributed by atoms with Gasteiger partial charge in [0, 0.05) is 31.7 Å². The van der Waals surface area contributed by atoms with E-state index in [9.17, 15) is 9.59 Å². The first-order chi connectivity index (χ1) is 17.3. The van der Waals surface area contributed by atoms with Crippen molar-refractivity contribution in [1.82, 2.24) is 20.2 Å². The van der Waals surface area contributed by atoms with Crippen molar-refractivity contribution in [3.63, 3.8) is 0 Å². The highest BCUT2D eigenvalue weighted by Crippen LogP contribution is 2.46. The normalized spacial score (nSPS) is 26.9. The molecule has 0 radical (unpaired) electrons. The Labute approximate surface area is 212 Å². The average molecular weight is 493 g/mol. The molecule has 3 amide bonds. The monoisotopic (exact) mass is 492 g/mol. The fourth-order valence-electron chi connectivity index (χ4n) is 6.03. The van der Waals surface area contributed by atoms with Crippen LogP contribution in [0.2, 0.25) is 0 Å². The van der Waals surface area contributed by atoms with Crippen molar-refractivity contribution in [2.24, 2.45) is 5.92 Å². The van der Waals surface area contributed by atoms with Crippen molar-refractivity contribution in [2.75, 3.05) is 50.7 Å². The van der Waals surface area contributed by atoms with Gasteiger partial charge < -0.3 is 10.1 Å². The SMILES string of the molecule is CN(C(=O)C1CCOCC1)c1ncc(N2C[C@]3(CC[C@](c4ccccc4)(N(C)C)CC3)NC2=O)cn1. The van der Waals surface area contributed by atoms with Crippen LogP contribution in [0, 0.1) is 5.92 Å². The smallest absolute Gasteiger partial charge is 0.322 e. The van der Waals surface area contributed by atoms with Crippen molar-refractivity contribution >= 4 is 23.6 Å². The minimum Gasteiger partial charge on any atom is -0.381 e. The number of carbonyl (C=O) groups is 2. The van der Waals surface area contributed by atoms with E-state index in [1.165, 1.54) is 10.5 Å². The number of hydrogen-bond donors (Lipinski definition) is 1. The number of ether oxygens (including phenoxy) is 1. The maximum absolute atomic E-state index is 13.0. The van der Waals surface area contributed by atoms with Crippen LogP contribution in [0.5, 0.6) is 0 Å². The van der Waals surface area contributed by atoms with Crippen molar-refractivity contribution in [3.05, 3.63) is 48.3 Å². The number of aromatic nitrogens is 2. The molecule has 1 aromatic heterocycles. The summed E-state index contributed by atoms with van der Waals surface area (Å²) in [7, 11) is 6.00. The Balaban J connectivity index is 1.26. The van der Waals surface area contributed by atoms with Gasteiger partial charge in [-0.15, -0.1) is 0 Å². The molecule has 36 heavy (non-hydrogen) atoms. The summed E-state index contributed by atoms with van der Waals surface area (Å²) in [5.41, 5.74) is 1.68. The molecule has 1 aromatic carbocycles. The molecule has 0 atom stereocenters. The van der Waals surface area contributed by atoms with E-state index in [1.807, 2.05) is 0 Å². The number of amides is 3. The number of urea groups is 1. The summed E-state index contributed by atoms with van der Waals surface area (Å²) in [6.45, 7) is 1.80. The third kappa shape index (κ3) is 4.46. The van der Waals surface area contributed by atoms with Gasteiger partial charge in [-0.1, -0.05) is 30.3 Å². The molecule has 2 saturated heterocycles. The highest BCUT2D eigenvalue weighted by Gasteiger charge is 2.50. The zero-order chi connectivity index (χ0) is 25.3. The predicted octanol–water partition coefficient (Wildman–Crippen LogP) is 3.17. The van der Waals surface area contributed by atoms with Gasteiger partial charge >= 0.3 is 6.03 Å². The zero-order valence-electron chi connectivity index (χ0n) is 21.4. The van der Waals surface area contributed by atoms with Crippen LogP contribution in [0.3, 0.4) is 0 Å². The third-order valence-corrected chi connectivity index (χ3v) is 8.42. The summed E-state index contributed by atoms with van der Waals surface area (Å²) >= 11 is 0. The molecule has 3 aliphatic rings. The second-order valence-electron chi connectivity index (χ2n) is 10.6. The van der Waals surface area contributed by atoms with Gasteiger partial charge in [-0.05, 0) is 58.2 Å². The molecule has 0 unspecified atom stereocenters. The molecule has 3 fully saturated rings. The predicted molar refractivity (Wildman–Crippen MR) is 138 cm³/mol. The van der Waals surface area contributed by atoms with Gasteiger partial charge in [0.05, 0.1) is 30.2 Å². The summed E-state index contributed by atoms with van der Waals surface area (Å²) in [6, 6.07) is 10.6. The molecule has 3 heterocycles. The molecule has 192 valence electrons. The lowest BCUT2D eigenvalue weighted by Gasteiger charge is -2.48. The molecule has 1 saturated carbocycles. The molecular formula is C27H36N6O3. The standard InChI is InChI=1S/C27H36N6O3/c1-31(2)27(21-7-5-4-6-8-21)13-11-26(12-14-27)19-33(25(35)30-26)22-17-28-24(29-18-22)32(3)23(34)20-9-15-36-16-10-20/h4-8,17-18,20H,9-16,19H2,1-3H3,(H,30,35)/t26-,27+. The second kappa shape index (κ2) is 9.78. The molecule has 1 N–H and O–H groups in total. The first-order valence-corrected chi connectivity index (χ1v) is 12.8. The van der Waals surface area contributed by atoms with E-state index in [0.29, 0.717) is 31.4 Å². The summed E-state index contributed by atoms with van der Waals surface area (Å²) in [5.74, 6) is 0.294. The minimum atomic E-state index is -0.264. The van der Waals surface area contributed by atoms with Crippen LogP contribution in [0.4, 0.5) is 16.4 Å². The van der Waals surface area contributed by atoms with Crippen LogP contribution < -0.4 is 15.1 Å². The van der Waals surface area contributed by atoms with E-state index >= 15 is 0 Å². The van der Waals surface area contributed by atoms with Gasteiger partial charge in [0.25, 0.3) is 0 Å². The summed E-state index contributed by atoms with van der Waals surface area (Å²) in [6.07, 6.45) is 8.44. The maximum Gasteiger partial charge on any atom is 0.322 e. The Morgan fingerprint density at radius 3 is 2.28 bits per heavy atom. The van der Waals surface area contributed by atoms with Crippen LogP contribution >= 0.6 is 0 Å². The molecule has 1 spiro atoms. The van der Waals surface area contributed by atoms with E-state index in [2.05, 4.69) is 64.6 Å². The first-order valence-electron chi connectivity index (χ1n) is 12.8. The van der Waals surface area contributed by atoms with E-state index in [4.69, 9.17) is 4.74 Å². The van der Waals surface area contributed by atoms with Gasteiger partial charge in [0.15, 0.2) is 0 Å². The topological polar surface area (TPSA) is 90.9 Å². The van der Waals surface area contributed by atoms with E-state index < -0.39 is 0 Å². The molecule has 0 bridgehead atoms. The zero-order valence-corrected chi connectivity index (χ0v) is 21.4. The molecule has 9 nitrogen and oxygen atoms in total. The Morgan fingerprint density at radius 1 is 1.03 bits per heavy atom. The number of carbonyl (C=O) groups excluding carboxylic acids is 2. The Kier molecular flexibility index (Phi) is 6.70. The van der Waals surface area contributed by atoms with E-state index in [-0.39, 0.29) is 28.9 Å². The second-order valence-corrected chi connectivity index (χ2v) is 10.6. The fourth-order valence-corrected chi connectivity index (χ4v) is 6.03. The number of anilines is 2. The van der Waals surface area contributed by atoms with Crippen LogP contribution in [0.1, 0.15) is 44.1 Å². The summed E-state index contributed by atoms with van der Waals surface area (Å²) in [4.78, 5) is 40.3. The van der Waals surface area contributed by atoms with Gasteiger partial charge in [0.2, 0.25) is 11.9 Å². The molecule has 9 heteroatoms. The van der Waals surface area contributed by atoms with Crippen molar-refractivity contribution in [2.45, 2.75) is 49.6 Å². The number of nitrogens with one attached hydrogen (secondary N) is 1. The summed E-state index contributed by atoms with van der Waals surface area (Å²) < 4.78 is 5.36. The lowest BCUT2D eigenvalue weighted by molar-refractivity contribution is -0.124. The van der Waals surface area contributed by atoms with Crippen LogP contribution in [-0.4, -0.2) is 73.2 Å².